The molecule has 0 aromatic heterocycles. The average Bonchev–Trinajstić information content (AvgIpc) is 2.84. The normalized spacial score (nSPS) is 21.9. The fourth-order valence-corrected chi connectivity index (χ4v) is 3.35. The third kappa shape index (κ3) is 6.76. The van der Waals surface area contributed by atoms with Gasteiger partial charge in [-0.15, -0.1) is 0 Å². The van der Waals surface area contributed by atoms with Crippen molar-refractivity contribution in [3.8, 4) is 0 Å². The first kappa shape index (κ1) is 17.0. The molecule has 114 valence electrons. The van der Waals surface area contributed by atoms with Crippen molar-refractivity contribution in [3.05, 3.63) is 0 Å². The first-order valence-corrected chi connectivity index (χ1v) is 8.54. The lowest BCUT2D eigenvalue weighted by atomic mass is 9.94. The van der Waals surface area contributed by atoms with Crippen LogP contribution in [-0.2, 0) is 4.74 Å². The number of likely N-dealkylation sites (tertiary alicyclic amines) is 1. The maximum Gasteiger partial charge on any atom is 0.0618 e. The summed E-state index contributed by atoms with van der Waals surface area (Å²) in [7, 11) is 1.84. The molecule has 2 atom stereocenters. The van der Waals surface area contributed by atoms with Gasteiger partial charge in [0.25, 0.3) is 0 Å². The quantitative estimate of drug-likeness (QED) is 0.513. The van der Waals surface area contributed by atoms with E-state index in [-0.39, 0.29) is 0 Å². The summed E-state index contributed by atoms with van der Waals surface area (Å²) in [6, 6.07) is 0.695. The predicted molar refractivity (Wildman–Crippen MR) is 83.6 cm³/mol. The van der Waals surface area contributed by atoms with Gasteiger partial charge in [0.2, 0.25) is 0 Å². The summed E-state index contributed by atoms with van der Waals surface area (Å²) in [5.74, 6) is 0.920. The molecule has 0 radical (unpaired) electrons. The summed E-state index contributed by atoms with van der Waals surface area (Å²) >= 11 is 0. The molecule has 0 bridgehead atoms. The molecule has 2 nitrogen and oxygen atoms in total. The standard InChI is InChI=1S/C17H35NO/c1-4-6-8-11-16(10-7-5-2)14-18-13-9-12-17(18)15-19-3/h16-17H,4-15H2,1-3H3/t16?,17-/m1/s1. The minimum atomic E-state index is 0.695. The van der Waals surface area contributed by atoms with Gasteiger partial charge < -0.3 is 4.74 Å². The molecule has 1 aliphatic heterocycles. The van der Waals surface area contributed by atoms with E-state index in [1.807, 2.05) is 7.11 Å². The van der Waals surface area contributed by atoms with Crippen molar-refractivity contribution in [2.24, 2.45) is 5.92 Å². The maximum absolute atomic E-state index is 5.38. The van der Waals surface area contributed by atoms with Crippen molar-refractivity contribution in [2.45, 2.75) is 77.7 Å². The smallest absolute Gasteiger partial charge is 0.0618 e. The summed E-state index contributed by atoms with van der Waals surface area (Å²) in [5, 5.41) is 0. The van der Waals surface area contributed by atoms with E-state index in [9.17, 15) is 0 Å². The first-order chi connectivity index (χ1) is 9.31. The Balaban J connectivity index is 2.35. The molecule has 1 unspecified atom stereocenters. The van der Waals surface area contributed by atoms with Crippen LogP contribution >= 0.6 is 0 Å². The van der Waals surface area contributed by atoms with E-state index in [4.69, 9.17) is 4.74 Å². The number of ether oxygens (including phenoxy) is 1. The van der Waals surface area contributed by atoms with Gasteiger partial charge in [0.1, 0.15) is 0 Å². The molecule has 1 saturated heterocycles. The van der Waals surface area contributed by atoms with Crippen LogP contribution in [0.1, 0.15) is 71.6 Å². The van der Waals surface area contributed by atoms with E-state index in [0.717, 1.165) is 12.5 Å². The van der Waals surface area contributed by atoms with E-state index in [2.05, 4.69) is 18.7 Å². The van der Waals surface area contributed by atoms with E-state index in [1.165, 1.54) is 70.9 Å². The molecule has 0 aliphatic carbocycles. The van der Waals surface area contributed by atoms with Gasteiger partial charge in [-0.25, -0.2) is 0 Å². The Hall–Kier alpha value is -0.0800. The first-order valence-electron chi connectivity index (χ1n) is 8.54. The van der Waals surface area contributed by atoms with Gasteiger partial charge in [0.15, 0.2) is 0 Å². The van der Waals surface area contributed by atoms with Crippen molar-refractivity contribution in [1.82, 2.24) is 4.90 Å². The average molecular weight is 269 g/mol. The second-order valence-corrected chi connectivity index (χ2v) is 6.25. The summed E-state index contributed by atoms with van der Waals surface area (Å²) in [5.41, 5.74) is 0. The Bertz CT molecular complexity index is 207. The molecule has 1 heterocycles. The van der Waals surface area contributed by atoms with Crippen LogP contribution in [-0.4, -0.2) is 37.7 Å². The number of hydrogen-bond donors (Lipinski definition) is 0. The molecule has 1 rings (SSSR count). The van der Waals surface area contributed by atoms with Crippen LogP contribution in [0, 0.1) is 5.92 Å². The van der Waals surface area contributed by atoms with Crippen LogP contribution in [0.5, 0.6) is 0 Å². The number of methoxy groups -OCH3 is 1. The molecule has 0 spiro atoms. The summed E-state index contributed by atoms with van der Waals surface area (Å²) < 4.78 is 5.38. The van der Waals surface area contributed by atoms with Crippen LogP contribution < -0.4 is 0 Å². The third-order valence-corrected chi connectivity index (χ3v) is 4.53. The molecular formula is C17H35NO. The molecule has 0 saturated carbocycles. The minimum absolute atomic E-state index is 0.695. The van der Waals surface area contributed by atoms with Gasteiger partial charge >= 0.3 is 0 Å². The lowest BCUT2D eigenvalue weighted by Gasteiger charge is -2.28. The fraction of sp³-hybridized carbons (Fsp3) is 1.00. The van der Waals surface area contributed by atoms with E-state index in [0.29, 0.717) is 6.04 Å². The predicted octanol–water partition coefficient (Wildman–Crippen LogP) is 4.48. The van der Waals surface area contributed by atoms with E-state index < -0.39 is 0 Å². The number of hydrogen-bond acceptors (Lipinski definition) is 2. The van der Waals surface area contributed by atoms with Crippen LogP contribution in [0.25, 0.3) is 0 Å². The van der Waals surface area contributed by atoms with Gasteiger partial charge in [-0.2, -0.15) is 0 Å². The molecular weight excluding hydrogens is 234 g/mol. The molecule has 1 fully saturated rings. The van der Waals surface area contributed by atoms with Gasteiger partial charge in [0, 0.05) is 19.7 Å². The number of unbranched alkanes of at least 4 members (excludes halogenated alkanes) is 3. The SMILES string of the molecule is CCCCCC(CCCC)CN1CCC[C@@H]1COC. The molecule has 0 N–H and O–H groups in total. The summed E-state index contributed by atoms with van der Waals surface area (Å²) in [6.45, 7) is 8.15. The van der Waals surface area contributed by atoms with Crippen molar-refractivity contribution in [1.29, 1.82) is 0 Å². The lowest BCUT2D eigenvalue weighted by molar-refractivity contribution is 0.102. The van der Waals surface area contributed by atoms with Gasteiger partial charge in [-0.05, 0) is 38.1 Å². The number of rotatable bonds is 11. The molecule has 1 aliphatic rings. The van der Waals surface area contributed by atoms with Crippen LogP contribution in [0.3, 0.4) is 0 Å². The van der Waals surface area contributed by atoms with Crippen LogP contribution in [0.4, 0.5) is 0 Å². The second-order valence-electron chi connectivity index (χ2n) is 6.25. The second kappa shape index (κ2) is 10.7. The van der Waals surface area contributed by atoms with Gasteiger partial charge in [-0.1, -0.05) is 46.0 Å². The molecule has 0 aromatic carbocycles. The summed E-state index contributed by atoms with van der Waals surface area (Å²) in [4.78, 5) is 2.70. The largest absolute Gasteiger partial charge is 0.383 e. The van der Waals surface area contributed by atoms with Crippen molar-refractivity contribution in [3.63, 3.8) is 0 Å². The summed E-state index contributed by atoms with van der Waals surface area (Å²) in [6.07, 6.45) is 12.5. The van der Waals surface area contributed by atoms with E-state index >= 15 is 0 Å². The monoisotopic (exact) mass is 269 g/mol. The lowest BCUT2D eigenvalue weighted by Crippen LogP contribution is -2.36. The Kier molecular flexibility index (Phi) is 9.54. The highest BCUT2D eigenvalue weighted by atomic mass is 16.5. The Labute approximate surface area is 120 Å². The minimum Gasteiger partial charge on any atom is -0.383 e. The highest BCUT2D eigenvalue weighted by Gasteiger charge is 2.26. The maximum atomic E-state index is 5.38. The zero-order valence-corrected chi connectivity index (χ0v) is 13.5. The molecule has 0 aromatic rings. The zero-order chi connectivity index (χ0) is 13.9. The fourth-order valence-electron chi connectivity index (χ4n) is 3.35. The van der Waals surface area contributed by atoms with Crippen LogP contribution in [0.15, 0.2) is 0 Å². The van der Waals surface area contributed by atoms with Crippen LogP contribution in [0.2, 0.25) is 0 Å². The Morgan fingerprint density at radius 3 is 2.53 bits per heavy atom. The molecule has 0 amide bonds. The Morgan fingerprint density at radius 2 is 1.84 bits per heavy atom. The van der Waals surface area contributed by atoms with Crippen molar-refractivity contribution >= 4 is 0 Å². The molecule has 19 heavy (non-hydrogen) atoms. The van der Waals surface area contributed by atoms with Crippen molar-refractivity contribution < 1.29 is 4.74 Å². The topological polar surface area (TPSA) is 12.5 Å². The zero-order valence-electron chi connectivity index (χ0n) is 13.5. The van der Waals surface area contributed by atoms with Gasteiger partial charge in [-0.3, -0.25) is 4.90 Å². The Morgan fingerprint density at radius 1 is 1.11 bits per heavy atom. The van der Waals surface area contributed by atoms with Crippen molar-refractivity contribution in [2.75, 3.05) is 26.8 Å². The highest BCUT2D eigenvalue weighted by Crippen LogP contribution is 2.24. The third-order valence-electron chi connectivity index (χ3n) is 4.53. The highest BCUT2D eigenvalue weighted by molar-refractivity contribution is 4.80. The molecule has 2 heteroatoms. The number of nitrogens with zero attached hydrogens (tertiary/aromatic N) is 1. The van der Waals surface area contributed by atoms with Gasteiger partial charge in [0.05, 0.1) is 6.61 Å². The van der Waals surface area contributed by atoms with E-state index in [1.54, 1.807) is 0 Å².